The zero-order valence-corrected chi connectivity index (χ0v) is 9.43. The zero-order chi connectivity index (χ0) is 10.3. The topological polar surface area (TPSA) is 27.0 Å². The van der Waals surface area contributed by atoms with Crippen LogP contribution in [0.1, 0.15) is 13.8 Å². The van der Waals surface area contributed by atoms with Gasteiger partial charge in [-0.05, 0) is 18.4 Å². The molecular weight excluding hydrogens is 180 g/mol. The van der Waals surface area contributed by atoms with Crippen LogP contribution < -0.4 is 0 Å². The molecule has 2 nitrogen and oxygen atoms in total. The van der Waals surface area contributed by atoms with Crippen molar-refractivity contribution in [3.63, 3.8) is 0 Å². The maximum Gasteiger partial charge on any atom is 0.106 e. The SMILES string of the molecule is CC(C)SC(C#N)=CC=CN(C)C. The molecule has 0 spiro atoms. The Kier molecular flexibility index (Phi) is 6.17. The highest BCUT2D eigenvalue weighted by atomic mass is 32.2. The Morgan fingerprint density at radius 3 is 2.46 bits per heavy atom. The number of rotatable bonds is 4. The van der Waals surface area contributed by atoms with Gasteiger partial charge in [-0.3, -0.25) is 0 Å². The summed E-state index contributed by atoms with van der Waals surface area (Å²) in [6, 6.07) is 2.16. The van der Waals surface area contributed by atoms with E-state index in [4.69, 9.17) is 5.26 Å². The van der Waals surface area contributed by atoms with Gasteiger partial charge in [0.05, 0.1) is 4.91 Å². The molecule has 0 saturated carbocycles. The summed E-state index contributed by atoms with van der Waals surface area (Å²) in [5, 5.41) is 9.21. The number of thioether (sulfide) groups is 1. The highest BCUT2D eigenvalue weighted by Gasteiger charge is 1.98. The zero-order valence-electron chi connectivity index (χ0n) is 8.61. The van der Waals surface area contributed by atoms with Crippen LogP contribution in [0.15, 0.2) is 23.3 Å². The lowest BCUT2D eigenvalue weighted by Gasteiger charge is -2.02. The van der Waals surface area contributed by atoms with Crippen LogP contribution >= 0.6 is 11.8 Å². The fraction of sp³-hybridized carbons (Fsp3) is 0.500. The molecule has 0 atom stereocenters. The van der Waals surface area contributed by atoms with Gasteiger partial charge in [-0.15, -0.1) is 11.8 Å². The van der Waals surface area contributed by atoms with Gasteiger partial charge in [0.25, 0.3) is 0 Å². The van der Waals surface area contributed by atoms with E-state index in [9.17, 15) is 0 Å². The Balaban J connectivity index is 4.17. The van der Waals surface area contributed by atoms with Gasteiger partial charge in [0.1, 0.15) is 6.07 Å². The van der Waals surface area contributed by atoms with Gasteiger partial charge >= 0.3 is 0 Å². The van der Waals surface area contributed by atoms with Crippen molar-refractivity contribution in [1.29, 1.82) is 5.26 Å². The molecule has 0 rings (SSSR count). The predicted octanol–water partition coefficient (Wildman–Crippen LogP) is 2.61. The van der Waals surface area contributed by atoms with E-state index < -0.39 is 0 Å². The third-order valence-corrected chi connectivity index (χ3v) is 2.06. The molecule has 0 aliphatic rings. The van der Waals surface area contributed by atoms with Crippen LogP contribution in [0.2, 0.25) is 0 Å². The fourth-order valence-corrected chi connectivity index (χ4v) is 1.38. The van der Waals surface area contributed by atoms with Crippen LogP contribution in [0.3, 0.4) is 0 Å². The molecule has 0 aliphatic heterocycles. The van der Waals surface area contributed by atoms with E-state index in [1.807, 2.05) is 37.3 Å². The predicted molar refractivity (Wildman–Crippen MR) is 59.3 cm³/mol. The molecule has 0 amide bonds. The molecule has 0 aromatic rings. The standard InChI is InChI=1S/C10H16N2S/c1-9(2)13-10(8-11)6-5-7-12(3)4/h5-7,9H,1-4H3. The Morgan fingerprint density at radius 1 is 1.46 bits per heavy atom. The Hall–Kier alpha value is -0.880. The van der Waals surface area contributed by atoms with Crippen molar-refractivity contribution >= 4 is 11.8 Å². The van der Waals surface area contributed by atoms with E-state index in [0.29, 0.717) is 5.25 Å². The molecule has 3 heteroatoms. The third-order valence-electron chi connectivity index (χ3n) is 1.10. The van der Waals surface area contributed by atoms with Gasteiger partial charge < -0.3 is 4.90 Å². The first-order valence-corrected chi connectivity index (χ1v) is 5.06. The van der Waals surface area contributed by atoms with Crippen molar-refractivity contribution in [2.45, 2.75) is 19.1 Å². The van der Waals surface area contributed by atoms with Crippen molar-refractivity contribution in [1.82, 2.24) is 4.90 Å². The molecule has 0 fully saturated rings. The molecule has 0 N–H and O–H groups in total. The number of hydrogen-bond donors (Lipinski definition) is 0. The molecule has 0 heterocycles. The van der Waals surface area contributed by atoms with Gasteiger partial charge in [0.15, 0.2) is 0 Å². The lowest BCUT2D eigenvalue weighted by molar-refractivity contribution is 0.564. The minimum absolute atomic E-state index is 0.457. The van der Waals surface area contributed by atoms with Gasteiger partial charge in [0.2, 0.25) is 0 Å². The largest absolute Gasteiger partial charge is 0.383 e. The summed E-state index contributed by atoms with van der Waals surface area (Å²) < 4.78 is 0. The van der Waals surface area contributed by atoms with Crippen molar-refractivity contribution in [3.05, 3.63) is 23.3 Å². The number of nitrogens with zero attached hydrogens (tertiary/aromatic N) is 2. The maximum absolute atomic E-state index is 8.75. The molecule has 0 unspecified atom stereocenters. The molecule has 0 bridgehead atoms. The van der Waals surface area contributed by atoms with E-state index in [-0.39, 0.29) is 0 Å². The van der Waals surface area contributed by atoms with Crippen LogP contribution in [0, 0.1) is 11.3 Å². The average Bonchev–Trinajstić information content (AvgIpc) is 2.01. The van der Waals surface area contributed by atoms with Crippen LogP contribution in [-0.4, -0.2) is 24.2 Å². The molecule has 72 valence electrons. The number of allylic oxidation sites excluding steroid dienone is 3. The summed E-state index contributed by atoms with van der Waals surface area (Å²) in [6.45, 7) is 4.15. The van der Waals surface area contributed by atoms with Crippen LogP contribution in [0.25, 0.3) is 0 Å². The fourth-order valence-electron chi connectivity index (χ4n) is 0.659. The van der Waals surface area contributed by atoms with Gasteiger partial charge in [-0.2, -0.15) is 5.26 Å². The molecule has 13 heavy (non-hydrogen) atoms. The third kappa shape index (κ3) is 7.48. The Bertz CT molecular complexity index is 234. The average molecular weight is 196 g/mol. The molecule has 0 aromatic carbocycles. The second-order valence-electron chi connectivity index (χ2n) is 3.11. The van der Waals surface area contributed by atoms with Crippen molar-refractivity contribution in [2.75, 3.05) is 14.1 Å². The first kappa shape index (κ1) is 12.1. The second kappa shape index (κ2) is 6.62. The summed E-state index contributed by atoms with van der Waals surface area (Å²) in [7, 11) is 3.90. The van der Waals surface area contributed by atoms with E-state index in [2.05, 4.69) is 19.9 Å². The van der Waals surface area contributed by atoms with Gasteiger partial charge in [-0.1, -0.05) is 13.8 Å². The summed E-state index contributed by atoms with van der Waals surface area (Å²) in [4.78, 5) is 2.69. The van der Waals surface area contributed by atoms with Gasteiger partial charge in [-0.25, -0.2) is 0 Å². The smallest absolute Gasteiger partial charge is 0.106 e. The van der Waals surface area contributed by atoms with E-state index in [1.165, 1.54) is 0 Å². The molecule has 0 aromatic heterocycles. The Morgan fingerprint density at radius 2 is 2.08 bits per heavy atom. The number of nitriles is 1. The monoisotopic (exact) mass is 196 g/mol. The molecule has 0 saturated heterocycles. The minimum Gasteiger partial charge on any atom is -0.383 e. The first-order valence-electron chi connectivity index (χ1n) is 4.18. The normalized spacial score (nSPS) is 12.2. The first-order chi connectivity index (χ1) is 6.06. The summed E-state index contributed by atoms with van der Waals surface area (Å²) in [6.07, 6.45) is 5.64. The van der Waals surface area contributed by atoms with Crippen molar-refractivity contribution in [3.8, 4) is 6.07 Å². The second-order valence-corrected chi connectivity index (χ2v) is 4.73. The maximum atomic E-state index is 8.75. The lowest BCUT2D eigenvalue weighted by Crippen LogP contribution is -1.99. The van der Waals surface area contributed by atoms with Gasteiger partial charge in [0, 0.05) is 19.3 Å². The van der Waals surface area contributed by atoms with Crippen molar-refractivity contribution < 1.29 is 0 Å². The number of hydrogen-bond acceptors (Lipinski definition) is 3. The lowest BCUT2D eigenvalue weighted by atomic mass is 10.5. The van der Waals surface area contributed by atoms with E-state index in [0.717, 1.165) is 4.91 Å². The van der Waals surface area contributed by atoms with E-state index >= 15 is 0 Å². The molecule has 0 aliphatic carbocycles. The van der Waals surface area contributed by atoms with Crippen LogP contribution in [-0.2, 0) is 0 Å². The Labute approximate surface area is 84.9 Å². The quantitative estimate of drug-likeness (QED) is 0.511. The highest BCUT2D eigenvalue weighted by molar-refractivity contribution is 8.03. The summed E-state index contributed by atoms with van der Waals surface area (Å²) in [5.74, 6) is 0. The molecular formula is C10H16N2S. The van der Waals surface area contributed by atoms with Crippen LogP contribution in [0.5, 0.6) is 0 Å². The minimum atomic E-state index is 0.457. The summed E-state index contributed by atoms with van der Waals surface area (Å²) in [5.41, 5.74) is 0. The van der Waals surface area contributed by atoms with Crippen molar-refractivity contribution in [2.24, 2.45) is 0 Å². The highest BCUT2D eigenvalue weighted by Crippen LogP contribution is 2.19. The summed E-state index contributed by atoms with van der Waals surface area (Å²) >= 11 is 1.58. The van der Waals surface area contributed by atoms with Crippen LogP contribution in [0.4, 0.5) is 0 Å². The molecule has 0 radical (unpaired) electrons. The van der Waals surface area contributed by atoms with E-state index in [1.54, 1.807) is 11.8 Å².